The predicted octanol–water partition coefficient (Wildman–Crippen LogP) is -1.50. The monoisotopic (exact) mass is 160 g/mol. The number of hydrogen-bond acceptors (Lipinski definition) is 1. The van der Waals surface area contributed by atoms with Crippen LogP contribution in [0.2, 0.25) is 0 Å². The summed E-state index contributed by atoms with van der Waals surface area (Å²) in [5.74, 6) is 0. The molecule has 3 heteroatoms. The molecule has 0 fully saturated rings. The first-order valence-electron chi connectivity index (χ1n) is 2.82. The van der Waals surface area contributed by atoms with Gasteiger partial charge in [0.2, 0.25) is 0 Å². The summed E-state index contributed by atoms with van der Waals surface area (Å²) in [7, 11) is 0. The van der Waals surface area contributed by atoms with E-state index in [1.807, 2.05) is 31.2 Å². The van der Waals surface area contributed by atoms with Gasteiger partial charge in [0.05, 0.1) is 0 Å². The first kappa shape index (κ1) is 13.3. The van der Waals surface area contributed by atoms with Crippen molar-refractivity contribution < 1.29 is 39.5 Å². The van der Waals surface area contributed by atoms with E-state index in [1.54, 1.807) is 0 Å². The molecule has 1 aromatic carbocycles. The number of benzene rings is 1. The number of carboxylic acid groups (broad SMARTS) is 1. The van der Waals surface area contributed by atoms with Crippen molar-refractivity contribution in [3.05, 3.63) is 35.9 Å². The summed E-state index contributed by atoms with van der Waals surface area (Å²) in [4.78, 5) is 8.36. The molecule has 54 valence electrons. The Labute approximate surface area is 88.5 Å². The molecule has 0 amide bonds. The molecule has 1 rings (SSSR count). The fourth-order valence-corrected chi connectivity index (χ4v) is 0.483. The zero-order chi connectivity index (χ0) is 7.82. The van der Waals surface area contributed by atoms with Crippen LogP contribution in [0.3, 0.4) is 0 Å². The summed E-state index contributed by atoms with van der Waals surface area (Å²) in [5, 5.41) is 6.89. The van der Waals surface area contributed by atoms with E-state index >= 15 is 0 Å². The normalized spacial score (nSPS) is 6.64. The molecule has 0 saturated heterocycles. The molecule has 0 heterocycles. The number of carbonyl (C=O) groups is 1. The Kier molecular flexibility index (Phi) is 11.7. The molecule has 1 N–H and O–H groups in total. The molecule has 11 heavy (non-hydrogen) atoms. The van der Waals surface area contributed by atoms with E-state index in [2.05, 4.69) is 6.07 Å². The Bertz CT molecular complexity index is 175. The van der Waals surface area contributed by atoms with Gasteiger partial charge in [0.15, 0.2) is 0 Å². The van der Waals surface area contributed by atoms with Crippen molar-refractivity contribution in [1.82, 2.24) is 0 Å². The minimum atomic E-state index is -0.250. The summed E-state index contributed by atoms with van der Waals surface area (Å²) in [5.41, 5.74) is 1.20. The van der Waals surface area contributed by atoms with Crippen molar-refractivity contribution in [3.8, 4) is 0 Å². The van der Waals surface area contributed by atoms with Crippen molar-refractivity contribution in [2.45, 2.75) is 6.92 Å². The largest absolute Gasteiger partial charge is 1.00 e. The molecule has 1 aromatic rings. The summed E-state index contributed by atoms with van der Waals surface area (Å²) < 4.78 is 0. The average Bonchev–Trinajstić information content (AvgIpc) is 1.91. The van der Waals surface area contributed by atoms with Gasteiger partial charge >= 0.3 is 29.6 Å². The van der Waals surface area contributed by atoms with Crippen LogP contribution in [0.5, 0.6) is 0 Å². The third-order valence-corrected chi connectivity index (χ3v) is 0.865. The van der Waals surface area contributed by atoms with E-state index in [0.29, 0.717) is 0 Å². The maximum absolute atomic E-state index is 8.36. The number of aryl methyl sites for hydroxylation is 1. The van der Waals surface area contributed by atoms with Crippen LogP contribution in [0.1, 0.15) is 5.56 Å². The van der Waals surface area contributed by atoms with Crippen molar-refractivity contribution >= 4 is 6.47 Å². The molecular formula is C8H9NaO2. The standard InChI is InChI=1S/C7H7.CH2O2.Na/c1-7-5-3-2-4-6-7;2-1-3;/h2-5H,1H3;1H,(H,2,3);/q-1;;+1. The Hall–Kier alpha value is -0.310. The van der Waals surface area contributed by atoms with Gasteiger partial charge in [0.1, 0.15) is 0 Å². The molecule has 0 spiro atoms. The van der Waals surface area contributed by atoms with Gasteiger partial charge < -0.3 is 5.11 Å². The van der Waals surface area contributed by atoms with Gasteiger partial charge in [-0.05, 0) is 0 Å². The fraction of sp³-hybridized carbons (Fsp3) is 0.125. The summed E-state index contributed by atoms with van der Waals surface area (Å²) in [6, 6.07) is 10.9. The molecule has 0 unspecified atom stereocenters. The zero-order valence-corrected chi connectivity index (χ0v) is 8.74. The Morgan fingerprint density at radius 1 is 1.55 bits per heavy atom. The molecule has 0 aromatic heterocycles. The molecule has 0 saturated carbocycles. The van der Waals surface area contributed by atoms with E-state index in [9.17, 15) is 0 Å². The van der Waals surface area contributed by atoms with Crippen LogP contribution in [0, 0.1) is 13.0 Å². The van der Waals surface area contributed by atoms with Crippen LogP contribution in [0.4, 0.5) is 0 Å². The SMILES string of the molecule is Cc1[c-]cccc1.O=CO.[Na+]. The second-order valence-electron chi connectivity index (χ2n) is 1.65. The van der Waals surface area contributed by atoms with Crippen LogP contribution in [0.15, 0.2) is 24.3 Å². The van der Waals surface area contributed by atoms with Crippen molar-refractivity contribution in [2.24, 2.45) is 0 Å². The summed E-state index contributed by atoms with van der Waals surface area (Å²) in [6.45, 7) is 1.78. The van der Waals surface area contributed by atoms with Crippen LogP contribution in [-0.2, 0) is 4.79 Å². The van der Waals surface area contributed by atoms with E-state index in [4.69, 9.17) is 9.90 Å². The Balaban J connectivity index is 0. The Morgan fingerprint density at radius 3 is 2.27 bits per heavy atom. The molecular weight excluding hydrogens is 151 g/mol. The van der Waals surface area contributed by atoms with Crippen molar-refractivity contribution in [1.29, 1.82) is 0 Å². The molecule has 0 bridgehead atoms. The quantitative estimate of drug-likeness (QED) is 0.285. The smallest absolute Gasteiger partial charge is 0.483 e. The summed E-state index contributed by atoms with van der Waals surface area (Å²) >= 11 is 0. The average molecular weight is 160 g/mol. The topological polar surface area (TPSA) is 37.3 Å². The minimum absolute atomic E-state index is 0. The van der Waals surface area contributed by atoms with E-state index < -0.39 is 0 Å². The molecule has 2 nitrogen and oxygen atoms in total. The fourth-order valence-electron chi connectivity index (χ4n) is 0.483. The third kappa shape index (κ3) is 9.69. The maximum Gasteiger partial charge on any atom is 1.00 e. The second-order valence-corrected chi connectivity index (χ2v) is 1.65. The van der Waals surface area contributed by atoms with Crippen LogP contribution < -0.4 is 29.6 Å². The van der Waals surface area contributed by atoms with E-state index in [0.717, 1.165) is 0 Å². The predicted molar refractivity (Wildman–Crippen MR) is 38.7 cm³/mol. The number of rotatable bonds is 0. The van der Waals surface area contributed by atoms with Crippen LogP contribution in [-0.4, -0.2) is 11.6 Å². The van der Waals surface area contributed by atoms with Crippen LogP contribution in [0.25, 0.3) is 0 Å². The van der Waals surface area contributed by atoms with Gasteiger partial charge in [-0.15, -0.1) is 0 Å². The van der Waals surface area contributed by atoms with Gasteiger partial charge in [-0.25, -0.2) is 0 Å². The Morgan fingerprint density at radius 2 is 2.09 bits per heavy atom. The van der Waals surface area contributed by atoms with Crippen LogP contribution >= 0.6 is 0 Å². The van der Waals surface area contributed by atoms with Gasteiger partial charge in [-0.2, -0.15) is 35.9 Å². The molecule has 0 radical (unpaired) electrons. The second kappa shape index (κ2) is 9.69. The van der Waals surface area contributed by atoms with E-state index in [1.165, 1.54) is 5.56 Å². The zero-order valence-electron chi connectivity index (χ0n) is 6.74. The van der Waals surface area contributed by atoms with Crippen molar-refractivity contribution in [3.63, 3.8) is 0 Å². The third-order valence-electron chi connectivity index (χ3n) is 0.865. The van der Waals surface area contributed by atoms with Gasteiger partial charge in [0.25, 0.3) is 6.47 Å². The van der Waals surface area contributed by atoms with Crippen molar-refractivity contribution in [2.75, 3.05) is 0 Å². The van der Waals surface area contributed by atoms with Gasteiger partial charge in [-0.3, -0.25) is 4.79 Å². The van der Waals surface area contributed by atoms with E-state index in [-0.39, 0.29) is 36.0 Å². The first-order chi connectivity index (χ1) is 4.81. The summed E-state index contributed by atoms with van der Waals surface area (Å²) in [6.07, 6.45) is 0. The molecule has 0 aliphatic heterocycles. The molecule has 0 atom stereocenters. The minimum Gasteiger partial charge on any atom is -0.483 e. The molecule has 0 aliphatic carbocycles. The van der Waals surface area contributed by atoms with Gasteiger partial charge in [0, 0.05) is 0 Å². The first-order valence-corrected chi connectivity index (χ1v) is 2.82. The molecule has 0 aliphatic rings. The van der Waals surface area contributed by atoms with Gasteiger partial charge in [-0.1, -0.05) is 6.92 Å². The maximum atomic E-state index is 8.36. The number of hydrogen-bond donors (Lipinski definition) is 1.